The summed E-state index contributed by atoms with van der Waals surface area (Å²) in [4.78, 5) is 18.0. The van der Waals surface area contributed by atoms with Crippen molar-refractivity contribution in [2.45, 2.75) is 70.5 Å². The summed E-state index contributed by atoms with van der Waals surface area (Å²) in [6.07, 6.45) is 7.78. The molecule has 0 unspecified atom stereocenters. The van der Waals surface area contributed by atoms with Crippen LogP contribution in [0.3, 0.4) is 0 Å². The highest BCUT2D eigenvalue weighted by atomic mass is 15.2. The van der Waals surface area contributed by atoms with Crippen LogP contribution in [0, 0.1) is 6.92 Å². The van der Waals surface area contributed by atoms with Gasteiger partial charge in [-0.05, 0) is 76.1 Å². The van der Waals surface area contributed by atoms with Crippen LogP contribution in [0.5, 0.6) is 0 Å². The maximum atomic E-state index is 6.24. The fourth-order valence-electron chi connectivity index (χ4n) is 6.56. The van der Waals surface area contributed by atoms with Gasteiger partial charge in [0, 0.05) is 54.8 Å². The Morgan fingerprint density at radius 3 is 2.53 bits per heavy atom. The molecule has 190 valence electrons. The Morgan fingerprint density at radius 1 is 0.944 bits per heavy atom. The van der Waals surface area contributed by atoms with Crippen LogP contribution in [0.2, 0.25) is 0 Å². The minimum Gasteiger partial charge on any atom is -0.365 e. The van der Waals surface area contributed by atoms with Crippen LogP contribution in [0.4, 0.5) is 11.5 Å². The third kappa shape index (κ3) is 4.57. The highest BCUT2D eigenvalue weighted by Gasteiger charge is 2.28. The average Bonchev–Trinajstić information content (AvgIpc) is 3.31. The number of hydrogen-bond donors (Lipinski definition) is 1. The van der Waals surface area contributed by atoms with E-state index in [1.807, 2.05) is 0 Å². The number of benzene rings is 2. The zero-order valence-electron chi connectivity index (χ0n) is 21.9. The monoisotopic (exact) mass is 484 g/mol. The number of piperidine rings is 1. The second-order valence-electron chi connectivity index (χ2n) is 11.2. The van der Waals surface area contributed by atoms with Gasteiger partial charge in [-0.25, -0.2) is 9.97 Å². The highest BCUT2D eigenvalue weighted by Crippen LogP contribution is 2.35. The van der Waals surface area contributed by atoms with Gasteiger partial charge >= 0.3 is 0 Å². The molecule has 4 heterocycles. The van der Waals surface area contributed by atoms with Crippen molar-refractivity contribution in [2.24, 2.45) is 5.73 Å². The SMILES string of the molecule is Cc1cccc2cccc(N3CCc4c(nc(CC[C@@H]5CCCN5C)nc4N4CCC(N)CC4)C3)c12. The van der Waals surface area contributed by atoms with Crippen LogP contribution in [-0.4, -0.2) is 60.2 Å². The van der Waals surface area contributed by atoms with E-state index in [-0.39, 0.29) is 0 Å². The van der Waals surface area contributed by atoms with Crippen LogP contribution < -0.4 is 15.5 Å². The van der Waals surface area contributed by atoms with E-state index in [2.05, 4.69) is 65.1 Å². The molecule has 0 spiro atoms. The first-order valence-corrected chi connectivity index (χ1v) is 13.9. The molecule has 0 amide bonds. The number of nitrogens with zero attached hydrogens (tertiary/aromatic N) is 5. The number of hydrogen-bond acceptors (Lipinski definition) is 6. The summed E-state index contributed by atoms with van der Waals surface area (Å²) in [5.41, 5.74) is 11.5. The van der Waals surface area contributed by atoms with E-state index >= 15 is 0 Å². The lowest BCUT2D eigenvalue weighted by atomic mass is 9.98. The van der Waals surface area contributed by atoms with Crippen molar-refractivity contribution in [1.29, 1.82) is 0 Å². The molecule has 2 aromatic carbocycles. The van der Waals surface area contributed by atoms with Gasteiger partial charge in [-0.1, -0.05) is 30.3 Å². The molecule has 6 heteroatoms. The Morgan fingerprint density at radius 2 is 1.75 bits per heavy atom. The van der Waals surface area contributed by atoms with Crippen LogP contribution in [0.25, 0.3) is 10.8 Å². The van der Waals surface area contributed by atoms with Gasteiger partial charge in [0.2, 0.25) is 0 Å². The molecule has 2 N–H and O–H groups in total. The molecule has 0 aliphatic carbocycles. The average molecular weight is 485 g/mol. The van der Waals surface area contributed by atoms with Crippen molar-refractivity contribution in [2.75, 3.05) is 43.0 Å². The number of likely N-dealkylation sites (tertiary alicyclic amines) is 1. The van der Waals surface area contributed by atoms with Crippen LogP contribution in [0.15, 0.2) is 36.4 Å². The molecule has 0 saturated carbocycles. The van der Waals surface area contributed by atoms with Crippen molar-refractivity contribution >= 4 is 22.3 Å². The Labute approximate surface area is 215 Å². The Balaban J connectivity index is 1.33. The molecule has 1 atom stereocenters. The molecule has 3 aliphatic heterocycles. The van der Waals surface area contributed by atoms with E-state index in [0.29, 0.717) is 12.1 Å². The number of nitrogens with two attached hydrogens (primary N) is 1. The third-order valence-electron chi connectivity index (χ3n) is 8.73. The first kappa shape index (κ1) is 23.7. The Bertz CT molecular complexity index is 1230. The maximum Gasteiger partial charge on any atom is 0.135 e. The van der Waals surface area contributed by atoms with Crippen LogP contribution >= 0.6 is 0 Å². The predicted octanol–water partition coefficient (Wildman–Crippen LogP) is 4.46. The smallest absolute Gasteiger partial charge is 0.135 e. The summed E-state index contributed by atoms with van der Waals surface area (Å²) in [7, 11) is 2.26. The maximum absolute atomic E-state index is 6.24. The number of fused-ring (bicyclic) bond motifs is 2. The molecule has 2 saturated heterocycles. The Hall–Kier alpha value is -2.70. The molecule has 6 rings (SSSR count). The molecular formula is C30H40N6. The molecule has 1 aromatic heterocycles. The number of rotatable bonds is 5. The second kappa shape index (κ2) is 9.98. The van der Waals surface area contributed by atoms with Gasteiger partial charge in [0.1, 0.15) is 11.6 Å². The van der Waals surface area contributed by atoms with Crippen molar-refractivity contribution in [3.63, 3.8) is 0 Å². The molecule has 2 fully saturated rings. The minimum absolute atomic E-state index is 0.321. The van der Waals surface area contributed by atoms with E-state index in [1.165, 1.54) is 58.5 Å². The number of aryl methyl sites for hydroxylation is 2. The first-order valence-electron chi connectivity index (χ1n) is 13.9. The molecule has 0 bridgehead atoms. The zero-order chi connectivity index (χ0) is 24.6. The van der Waals surface area contributed by atoms with Gasteiger partial charge in [-0.2, -0.15) is 0 Å². The fourth-order valence-corrected chi connectivity index (χ4v) is 6.56. The fraction of sp³-hybridized carbons (Fsp3) is 0.533. The molecule has 6 nitrogen and oxygen atoms in total. The number of aromatic nitrogens is 2. The predicted molar refractivity (Wildman–Crippen MR) is 149 cm³/mol. The molecule has 36 heavy (non-hydrogen) atoms. The molecule has 3 aromatic rings. The van der Waals surface area contributed by atoms with E-state index in [0.717, 1.165) is 64.1 Å². The van der Waals surface area contributed by atoms with Gasteiger partial charge in [0.05, 0.1) is 12.2 Å². The lowest BCUT2D eigenvalue weighted by Crippen LogP contribution is -2.42. The molecule has 3 aliphatic rings. The minimum atomic E-state index is 0.321. The lowest BCUT2D eigenvalue weighted by Gasteiger charge is -2.36. The summed E-state index contributed by atoms with van der Waals surface area (Å²) >= 11 is 0. The van der Waals surface area contributed by atoms with E-state index < -0.39 is 0 Å². The highest BCUT2D eigenvalue weighted by molar-refractivity contribution is 5.97. The Kier molecular flexibility index (Phi) is 6.57. The van der Waals surface area contributed by atoms with E-state index in [9.17, 15) is 0 Å². The van der Waals surface area contributed by atoms with Crippen LogP contribution in [0.1, 0.15) is 54.7 Å². The summed E-state index contributed by atoms with van der Waals surface area (Å²) in [5.74, 6) is 2.21. The third-order valence-corrected chi connectivity index (χ3v) is 8.73. The first-order chi connectivity index (χ1) is 17.6. The van der Waals surface area contributed by atoms with Crippen molar-refractivity contribution < 1.29 is 0 Å². The quantitative estimate of drug-likeness (QED) is 0.577. The summed E-state index contributed by atoms with van der Waals surface area (Å²) in [6.45, 7) is 7.29. The standard InChI is InChI=1S/C30H40N6/c1-21-6-3-7-22-8-4-10-27(29(21)22)36-19-15-25-26(20-36)32-28(12-11-24-9-5-16-34(24)2)33-30(25)35-17-13-23(31)14-18-35/h3-4,6-8,10,23-24H,5,9,11-20,31H2,1-2H3/t24-/m0/s1. The summed E-state index contributed by atoms with van der Waals surface area (Å²) in [5, 5.41) is 2.68. The van der Waals surface area contributed by atoms with Gasteiger partial charge < -0.3 is 20.4 Å². The summed E-state index contributed by atoms with van der Waals surface area (Å²) in [6, 6.07) is 14.3. The van der Waals surface area contributed by atoms with Crippen molar-refractivity contribution in [3.05, 3.63) is 59.0 Å². The van der Waals surface area contributed by atoms with Gasteiger partial charge in [-0.15, -0.1) is 0 Å². The largest absolute Gasteiger partial charge is 0.365 e. The zero-order valence-corrected chi connectivity index (χ0v) is 21.9. The van der Waals surface area contributed by atoms with Crippen molar-refractivity contribution in [1.82, 2.24) is 14.9 Å². The summed E-state index contributed by atoms with van der Waals surface area (Å²) < 4.78 is 0. The van der Waals surface area contributed by atoms with E-state index in [4.69, 9.17) is 15.7 Å². The van der Waals surface area contributed by atoms with Crippen molar-refractivity contribution in [3.8, 4) is 0 Å². The molecule has 0 radical (unpaired) electrons. The normalized spacial score (nSPS) is 21.4. The topological polar surface area (TPSA) is 61.5 Å². The number of anilines is 2. The lowest BCUT2D eigenvalue weighted by molar-refractivity contribution is 0.295. The molecular weight excluding hydrogens is 444 g/mol. The van der Waals surface area contributed by atoms with Gasteiger partial charge in [0.15, 0.2) is 0 Å². The second-order valence-corrected chi connectivity index (χ2v) is 11.2. The van der Waals surface area contributed by atoms with Crippen LogP contribution in [-0.2, 0) is 19.4 Å². The van der Waals surface area contributed by atoms with E-state index in [1.54, 1.807) is 0 Å². The van der Waals surface area contributed by atoms with Gasteiger partial charge in [-0.3, -0.25) is 0 Å². The van der Waals surface area contributed by atoms with Gasteiger partial charge in [0.25, 0.3) is 0 Å².